The van der Waals surface area contributed by atoms with E-state index in [2.05, 4.69) is 23.5 Å². The lowest BCUT2D eigenvalue weighted by atomic mass is 9.77. The number of hydrogen-bond donors (Lipinski definition) is 1. The van der Waals surface area contributed by atoms with E-state index in [1.165, 1.54) is 24.8 Å². The number of aryl methyl sites for hydroxylation is 1. The maximum Gasteiger partial charge on any atom is 0.0834 e. The number of hydrogen-bond acceptors (Lipinski definition) is 3. The Labute approximate surface area is 116 Å². The van der Waals surface area contributed by atoms with Crippen LogP contribution in [0.4, 0.5) is 0 Å². The normalized spacial score (nSPS) is 20.4. The molecule has 1 N–H and O–H groups in total. The van der Waals surface area contributed by atoms with Gasteiger partial charge in [0.05, 0.1) is 11.8 Å². The average Bonchev–Trinajstić information content (AvgIpc) is 2.93. The molecule has 108 valence electrons. The molecule has 1 atom stereocenters. The Kier molecular flexibility index (Phi) is 4.99. The zero-order chi connectivity index (χ0) is 13.7. The first-order chi connectivity index (χ1) is 9.24. The summed E-state index contributed by atoms with van der Waals surface area (Å²) in [6.45, 7) is 3.05. The van der Waals surface area contributed by atoms with Gasteiger partial charge in [0.25, 0.3) is 0 Å². The average molecular weight is 265 g/mol. The molecule has 2 rings (SSSR count). The summed E-state index contributed by atoms with van der Waals surface area (Å²) in [6.07, 6.45) is 11.4. The molecule has 1 aromatic heterocycles. The lowest BCUT2D eigenvalue weighted by molar-refractivity contribution is -0.0657. The number of aromatic nitrogens is 2. The number of ether oxygens (including phenoxy) is 1. The monoisotopic (exact) mass is 265 g/mol. The molecule has 1 aromatic rings. The minimum absolute atomic E-state index is 0.00130. The number of rotatable bonds is 6. The van der Waals surface area contributed by atoms with E-state index < -0.39 is 0 Å². The summed E-state index contributed by atoms with van der Waals surface area (Å²) in [7, 11) is 3.91. The van der Waals surface area contributed by atoms with Gasteiger partial charge < -0.3 is 10.1 Å². The lowest BCUT2D eigenvalue weighted by Gasteiger charge is -2.42. The highest BCUT2D eigenvalue weighted by molar-refractivity contribution is 5.10. The van der Waals surface area contributed by atoms with Crippen LogP contribution in [0.15, 0.2) is 12.4 Å². The van der Waals surface area contributed by atoms with Crippen molar-refractivity contribution in [3.8, 4) is 0 Å². The number of methoxy groups -OCH3 is 1. The van der Waals surface area contributed by atoms with Crippen LogP contribution in [0, 0.1) is 0 Å². The van der Waals surface area contributed by atoms with Gasteiger partial charge in [-0.25, -0.2) is 0 Å². The van der Waals surface area contributed by atoms with Gasteiger partial charge in [-0.15, -0.1) is 0 Å². The highest BCUT2D eigenvalue weighted by Crippen LogP contribution is 2.35. The predicted molar refractivity (Wildman–Crippen MR) is 77.3 cm³/mol. The first-order valence-corrected chi connectivity index (χ1v) is 7.48. The van der Waals surface area contributed by atoms with Gasteiger partial charge in [0, 0.05) is 25.9 Å². The van der Waals surface area contributed by atoms with Crippen LogP contribution in [0.25, 0.3) is 0 Å². The molecule has 0 saturated heterocycles. The Morgan fingerprint density at radius 1 is 1.42 bits per heavy atom. The van der Waals surface area contributed by atoms with Crippen molar-refractivity contribution >= 4 is 0 Å². The van der Waals surface area contributed by atoms with Gasteiger partial charge in [-0.3, -0.25) is 4.68 Å². The van der Waals surface area contributed by atoms with Crippen LogP contribution < -0.4 is 5.32 Å². The summed E-state index contributed by atoms with van der Waals surface area (Å²) in [5.41, 5.74) is 1.30. The molecule has 0 amide bonds. The zero-order valence-electron chi connectivity index (χ0n) is 12.5. The van der Waals surface area contributed by atoms with Crippen LogP contribution in [0.3, 0.4) is 0 Å². The third-order valence-electron chi connectivity index (χ3n) is 4.54. The van der Waals surface area contributed by atoms with E-state index in [9.17, 15) is 0 Å². The fourth-order valence-electron chi connectivity index (χ4n) is 3.32. The van der Waals surface area contributed by atoms with Crippen LogP contribution in [0.1, 0.15) is 44.6 Å². The van der Waals surface area contributed by atoms with E-state index in [4.69, 9.17) is 4.74 Å². The van der Waals surface area contributed by atoms with Gasteiger partial charge in [-0.2, -0.15) is 5.10 Å². The first-order valence-electron chi connectivity index (χ1n) is 7.48. The number of likely N-dealkylation sites (N-methyl/N-ethyl adjacent to an activating group) is 1. The van der Waals surface area contributed by atoms with Gasteiger partial charge in [0.1, 0.15) is 0 Å². The van der Waals surface area contributed by atoms with E-state index in [0.717, 1.165) is 25.8 Å². The summed E-state index contributed by atoms with van der Waals surface area (Å²) >= 11 is 0. The molecule has 1 aliphatic rings. The summed E-state index contributed by atoms with van der Waals surface area (Å²) in [5, 5.41) is 7.84. The molecule has 1 heterocycles. The third kappa shape index (κ3) is 3.18. The van der Waals surface area contributed by atoms with Crippen molar-refractivity contribution in [2.24, 2.45) is 0 Å². The Balaban J connectivity index is 2.09. The number of nitrogens with one attached hydrogen (secondary N) is 1. The number of nitrogens with zero attached hydrogens (tertiary/aromatic N) is 2. The first kappa shape index (κ1) is 14.5. The van der Waals surface area contributed by atoms with Crippen molar-refractivity contribution in [3.63, 3.8) is 0 Å². The molecule has 1 unspecified atom stereocenters. The SMILES string of the molecule is CCn1cc(CC(NC)C2(OC)CCCCC2)cn1. The third-order valence-corrected chi connectivity index (χ3v) is 4.54. The maximum absolute atomic E-state index is 5.95. The zero-order valence-corrected chi connectivity index (χ0v) is 12.5. The molecule has 1 fully saturated rings. The Hall–Kier alpha value is -0.870. The van der Waals surface area contributed by atoms with Gasteiger partial charge in [-0.1, -0.05) is 19.3 Å². The minimum atomic E-state index is 0.00130. The molecule has 1 saturated carbocycles. The second-order valence-electron chi connectivity index (χ2n) is 5.58. The van der Waals surface area contributed by atoms with Crippen LogP contribution in [-0.4, -0.2) is 35.6 Å². The molecule has 1 aliphatic carbocycles. The highest BCUT2D eigenvalue weighted by atomic mass is 16.5. The van der Waals surface area contributed by atoms with E-state index in [1.54, 1.807) is 0 Å². The van der Waals surface area contributed by atoms with Gasteiger partial charge >= 0.3 is 0 Å². The summed E-state index contributed by atoms with van der Waals surface area (Å²) in [4.78, 5) is 0. The van der Waals surface area contributed by atoms with Crippen molar-refractivity contribution in [1.82, 2.24) is 15.1 Å². The predicted octanol–water partition coefficient (Wildman–Crippen LogP) is 2.38. The Morgan fingerprint density at radius 2 is 2.16 bits per heavy atom. The van der Waals surface area contributed by atoms with Crippen molar-refractivity contribution < 1.29 is 4.74 Å². The van der Waals surface area contributed by atoms with E-state index in [1.807, 2.05) is 25.0 Å². The van der Waals surface area contributed by atoms with Crippen molar-refractivity contribution in [2.45, 2.75) is 63.6 Å². The quantitative estimate of drug-likeness (QED) is 0.858. The molecule has 0 spiro atoms. The Morgan fingerprint density at radius 3 is 2.68 bits per heavy atom. The lowest BCUT2D eigenvalue weighted by Crippen LogP contribution is -2.53. The molecule has 0 aliphatic heterocycles. The molecule has 0 aromatic carbocycles. The largest absolute Gasteiger partial charge is 0.377 e. The molecular weight excluding hydrogens is 238 g/mol. The van der Waals surface area contributed by atoms with Gasteiger partial charge in [-0.05, 0) is 38.8 Å². The topological polar surface area (TPSA) is 39.1 Å². The molecule has 19 heavy (non-hydrogen) atoms. The molecule has 0 bridgehead atoms. The highest BCUT2D eigenvalue weighted by Gasteiger charge is 2.39. The second-order valence-corrected chi connectivity index (χ2v) is 5.58. The molecule has 0 radical (unpaired) electrons. The van der Waals surface area contributed by atoms with Crippen molar-refractivity contribution in [2.75, 3.05) is 14.2 Å². The van der Waals surface area contributed by atoms with Gasteiger partial charge in [0.2, 0.25) is 0 Å². The summed E-state index contributed by atoms with van der Waals surface area (Å²) in [6, 6.07) is 0.368. The molecule has 4 nitrogen and oxygen atoms in total. The minimum Gasteiger partial charge on any atom is -0.377 e. The second kappa shape index (κ2) is 6.53. The standard InChI is InChI=1S/C15H27N3O/c1-4-18-12-13(11-17-18)10-14(16-2)15(19-3)8-6-5-7-9-15/h11-12,14,16H,4-10H2,1-3H3. The van der Waals surface area contributed by atoms with Crippen LogP contribution >= 0.6 is 0 Å². The van der Waals surface area contributed by atoms with Gasteiger partial charge in [0.15, 0.2) is 0 Å². The summed E-state index contributed by atoms with van der Waals surface area (Å²) in [5.74, 6) is 0. The maximum atomic E-state index is 5.95. The fraction of sp³-hybridized carbons (Fsp3) is 0.800. The summed E-state index contributed by atoms with van der Waals surface area (Å²) < 4.78 is 7.94. The van der Waals surface area contributed by atoms with Crippen molar-refractivity contribution in [1.29, 1.82) is 0 Å². The smallest absolute Gasteiger partial charge is 0.0834 e. The molecular formula is C15H27N3O. The fourth-order valence-corrected chi connectivity index (χ4v) is 3.32. The van der Waals surface area contributed by atoms with Crippen LogP contribution in [-0.2, 0) is 17.7 Å². The van der Waals surface area contributed by atoms with E-state index >= 15 is 0 Å². The van der Waals surface area contributed by atoms with Crippen LogP contribution in [0.5, 0.6) is 0 Å². The van der Waals surface area contributed by atoms with Crippen LogP contribution in [0.2, 0.25) is 0 Å². The van der Waals surface area contributed by atoms with E-state index in [0.29, 0.717) is 6.04 Å². The van der Waals surface area contributed by atoms with Crippen molar-refractivity contribution in [3.05, 3.63) is 18.0 Å². The van der Waals surface area contributed by atoms with E-state index in [-0.39, 0.29) is 5.60 Å². The Bertz CT molecular complexity index is 382. The molecule has 4 heteroatoms.